The van der Waals surface area contributed by atoms with Gasteiger partial charge in [0.25, 0.3) is 16.3 Å². The van der Waals surface area contributed by atoms with Gasteiger partial charge in [-0.15, -0.1) is 5.92 Å². The average molecular weight is 387 g/mol. The van der Waals surface area contributed by atoms with Crippen LogP contribution in [0.1, 0.15) is 24.9 Å². The quantitative estimate of drug-likeness (QED) is 0.602. The van der Waals surface area contributed by atoms with Gasteiger partial charge in [0.05, 0.1) is 23.0 Å². The van der Waals surface area contributed by atoms with Crippen LogP contribution in [0.4, 0.5) is 5.69 Å². The molecular formula is C19H17NO6S. The van der Waals surface area contributed by atoms with E-state index >= 15 is 0 Å². The predicted octanol–water partition coefficient (Wildman–Crippen LogP) is 2.13. The van der Waals surface area contributed by atoms with Crippen molar-refractivity contribution in [3.05, 3.63) is 54.1 Å². The zero-order valence-corrected chi connectivity index (χ0v) is 15.2. The summed E-state index contributed by atoms with van der Waals surface area (Å²) in [5.74, 6) is 4.15. The molecular weight excluding hydrogens is 370 g/mol. The van der Waals surface area contributed by atoms with Crippen LogP contribution in [0.15, 0.2) is 53.4 Å². The summed E-state index contributed by atoms with van der Waals surface area (Å²) in [6.07, 6.45) is -1.65. The Morgan fingerprint density at radius 3 is 2.52 bits per heavy atom. The molecule has 2 unspecified atom stereocenters. The van der Waals surface area contributed by atoms with E-state index < -0.39 is 28.3 Å². The molecule has 1 aliphatic heterocycles. The second-order valence-corrected chi connectivity index (χ2v) is 7.59. The van der Waals surface area contributed by atoms with Crippen LogP contribution in [0.3, 0.4) is 0 Å². The SMILES string of the molecule is CC#CC(O)Oc1ccc(N2C(CC(=O)O)c3ccccc3S2(=O)=O)cc1. The molecule has 0 spiro atoms. The molecule has 8 heteroatoms. The van der Waals surface area contributed by atoms with E-state index in [1.54, 1.807) is 25.1 Å². The van der Waals surface area contributed by atoms with E-state index in [1.165, 1.54) is 30.3 Å². The van der Waals surface area contributed by atoms with Crippen LogP contribution in [0.5, 0.6) is 5.75 Å². The standard InChI is InChI=1S/C19H17NO6S/c1-2-5-19(23)26-14-10-8-13(9-11-14)20-16(12-18(21)22)15-6-3-4-7-17(15)27(20,24)25/h3-4,6-11,16,19,23H,12H2,1H3,(H,21,22). The number of carboxylic acids is 1. The van der Waals surface area contributed by atoms with Gasteiger partial charge in [-0.1, -0.05) is 18.2 Å². The first-order valence-electron chi connectivity index (χ1n) is 8.07. The largest absolute Gasteiger partial charge is 0.481 e. The molecule has 0 aliphatic carbocycles. The van der Waals surface area contributed by atoms with Gasteiger partial charge in [0, 0.05) is 0 Å². The number of carboxylic acid groups (broad SMARTS) is 1. The van der Waals surface area contributed by atoms with Gasteiger partial charge in [0.1, 0.15) is 5.75 Å². The summed E-state index contributed by atoms with van der Waals surface area (Å²) in [7, 11) is -3.88. The van der Waals surface area contributed by atoms with Crippen LogP contribution in [-0.4, -0.2) is 30.9 Å². The maximum absolute atomic E-state index is 13.0. The summed E-state index contributed by atoms with van der Waals surface area (Å²) in [4.78, 5) is 11.4. The van der Waals surface area contributed by atoms with Gasteiger partial charge in [-0.25, -0.2) is 8.42 Å². The van der Waals surface area contributed by atoms with Crippen molar-refractivity contribution < 1.29 is 28.2 Å². The minimum Gasteiger partial charge on any atom is -0.481 e. The maximum atomic E-state index is 13.0. The lowest BCUT2D eigenvalue weighted by Crippen LogP contribution is -2.29. The number of aliphatic hydroxyl groups excluding tert-OH is 1. The minimum atomic E-state index is -3.88. The van der Waals surface area contributed by atoms with E-state index in [0.717, 1.165) is 4.31 Å². The number of fused-ring (bicyclic) bond motifs is 1. The molecule has 2 aromatic rings. The fourth-order valence-electron chi connectivity index (χ4n) is 3.02. The van der Waals surface area contributed by atoms with Crippen molar-refractivity contribution in [1.29, 1.82) is 0 Å². The number of benzene rings is 2. The zero-order chi connectivity index (χ0) is 19.6. The molecule has 0 aromatic heterocycles. The van der Waals surface area contributed by atoms with Crippen molar-refractivity contribution in [3.8, 4) is 17.6 Å². The highest BCUT2D eigenvalue weighted by molar-refractivity contribution is 7.93. The number of carbonyl (C=O) groups is 1. The number of aliphatic carboxylic acids is 1. The van der Waals surface area contributed by atoms with Gasteiger partial charge >= 0.3 is 5.97 Å². The van der Waals surface area contributed by atoms with Gasteiger partial charge in [0.2, 0.25) is 0 Å². The molecule has 140 valence electrons. The molecule has 0 amide bonds. The van der Waals surface area contributed by atoms with Gasteiger partial charge in [0.15, 0.2) is 0 Å². The Labute approximate surface area is 156 Å². The number of nitrogens with zero attached hydrogens (tertiary/aromatic N) is 1. The first-order valence-corrected chi connectivity index (χ1v) is 9.51. The Morgan fingerprint density at radius 1 is 1.22 bits per heavy atom. The smallest absolute Gasteiger partial charge is 0.305 e. The van der Waals surface area contributed by atoms with Gasteiger partial charge < -0.3 is 14.9 Å². The molecule has 0 saturated carbocycles. The molecule has 2 aromatic carbocycles. The van der Waals surface area contributed by atoms with Crippen molar-refractivity contribution in [1.82, 2.24) is 0 Å². The number of aliphatic hydroxyl groups is 1. The second kappa shape index (κ2) is 7.31. The van der Waals surface area contributed by atoms with Crippen molar-refractivity contribution in [2.45, 2.75) is 30.6 Å². The third-order valence-electron chi connectivity index (χ3n) is 4.07. The third kappa shape index (κ3) is 3.60. The number of sulfonamides is 1. The van der Waals surface area contributed by atoms with Gasteiger partial charge in [-0.05, 0) is 48.7 Å². The monoisotopic (exact) mass is 387 g/mol. The van der Waals surface area contributed by atoms with E-state index in [1.807, 2.05) is 0 Å². The fraction of sp³-hybridized carbons (Fsp3) is 0.211. The summed E-state index contributed by atoms with van der Waals surface area (Å²) in [5.41, 5.74) is 0.759. The van der Waals surface area contributed by atoms with Crippen LogP contribution in [0.2, 0.25) is 0 Å². The van der Waals surface area contributed by atoms with E-state index in [2.05, 4.69) is 11.8 Å². The van der Waals surface area contributed by atoms with Crippen molar-refractivity contribution in [3.63, 3.8) is 0 Å². The Morgan fingerprint density at radius 2 is 1.89 bits per heavy atom. The Kier molecular flexibility index (Phi) is 5.08. The highest BCUT2D eigenvalue weighted by Gasteiger charge is 2.43. The summed E-state index contributed by atoms with van der Waals surface area (Å²) in [5, 5.41) is 18.8. The fourth-order valence-corrected chi connectivity index (χ4v) is 4.91. The van der Waals surface area contributed by atoms with Crippen LogP contribution in [0, 0.1) is 11.8 Å². The molecule has 0 bridgehead atoms. The molecule has 1 heterocycles. The van der Waals surface area contributed by atoms with Gasteiger partial charge in [-0.2, -0.15) is 0 Å². The predicted molar refractivity (Wildman–Crippen MR) is 97.6 cm³/mol. The van der Waals surface area contributed by atoms with Crippen LogP contribution < -0.4 is 9.04 Å². The average Bonchev–Trinajstić information content (AvgIpc) is 2.83. The molecule has 3 rings (SSSR count). The zero-order valence-electron chi connectivity index (χ0n) is 14.4. The van der Waals surface area contributed by atoms with E-state index in [0.29, 0.717) is 17.0 Å². The van der Waals surface area contributed by atoms with Crippen molar-refractivity contribution in [2.75, 3.05) is 4.31 Å². The summed E-state index contributed by atoms with van der Waals surface area (Å²) < 4.78 is 32.2. The number of rotatable bonds is 5. The maximum Gasteiger partial charge on any atom is 0.305 e. The van der Waals surface area contributed by atoms with Crippen LogP contribution in [-0.2, 0) is 14.8 Å². The second-order valence-electron chi connectivity index (χ2n) is 5.81. The first-order chi connectivity index (χ1) is 12.8. The normalized spacial score (nSPS) is 18.1. The third-order valence-corrected chi connectivity index (χ3v) is 5.98. The molecule has 2 atom stereocenters. The van der Waals surface area contributed by atoms with Crippen LogP contribution in [0.25, 0.3) is 0 Å². The van der Waals surface area contributed by atoms with Crippen molar-refractivity contribution >= 4 is 21.7 Å². The topological polar surface area (TPSA) is 104 Å². The number of hydrogen-bond donors (Lipinski definition) is 2. The van der Waals surface area contributed by atoms with Gasteiger partial charge in [-0.3, -0.25) is 9.10 Å². The number of hydrogen-bond acceptors (Lipinski definition) is 5. The number of ether oxygens (including phenoxy) is 1. The van der Waals surface area contributed by atoms with E-state index in [-0.39, 0.29) is 11.3 Å². The lowest BCUT2D eigenvalue weighted by Gasteiger charge is -2.25. The summed E-state index contributed by atoms with van der Waals surface area (Å²) in [6.45, 7) is 1.56. The van der Waals surface area contributed by atoms with Crippen molar-refractivity contribution in [2.24, 2.45) is 0 Å². The first kappa shape index (κ1) is 18.8. The molecule has 2 N–H and O–H groups in total. The molecule has 27 heavy (non-hydrogen) atoms. The molecule has 1 aliphatic rings. The lowest BCUT2D eigenvalue weighted by molar-refractivity contribution is -0.137. The van der Waals surface area contributed by atoms with Crippen LogP contribution >= 0.6 is 0 Å². The Balaban J connectivity index is 1.98. The molecule has 0 saturated heterocycles. The van der Waals surface area contributed by atoms with E-state index in [9.17, 15) is 23.4 Å². The summed E-state index contributed by atoms with van der Waals surface area (Å²) >= 11 is 0. The number of anilines is 1. The van der Waals surface area contributed by atoms with E-state index in [4.69, 9.17) is 4.74 Å². The summed E-state index contributed by atoms with van der Waals surface area (Å²) in [6, 6.07) is 11.5. The lowest BCUT2D eigenvalue weighted by atomic mass is 10.0. The molecule has 0 fully saturated rings. The molecule has 0 radical (unpaired) electrons. The molecule has 7 nitrogen and oxygen atoms in total. The minimum absolute atomic E-state index is 0.102. The highest BCUT2D eigenvalue weighted by Crippen LogP contribution is 2.44. The highest BCUT2D eigenvalue weighted by atomic mass is 32.2. The Hall–Kier alpha value is -3.02. The Bertz CT molecular complexity index is 1020.